The summed E-state index contributed by atoms with van der Waals surface area (Å²) in [6, 6.07) is 8.93. The fraction of sp³-hybridized carbons (Fsp3) is 0.650. The molecule has 1 amide bonds. The normalized spacial score (nSPS) is 19.2. The van der Waals surface area contributed by atoms with Crippen LogP contribution in [0.5, 0.6) is 0 Å². The number of likely N-dealkylation sites (tertiary alicyclic amines) is 1. The van der Waals surface area contributed by atoms with Crippen molar-refractivity contribution >= 4 is 11.6 Å². The topological polar surface area (TPSA) is 58.4 Å². The molecule has 1 aromatic rings. The third-order valence-electron chi connectivity index (χ3n) is 5.76. The van der Waals surface area contributed by atoms with E-state index >= 15 is 0 Å². The molecular weight excluding hydrogens is 298 g/mol. The second-order valence-corrected chi connectivity index (χ2v) is 7.16. The summed E-state index contributed by atoms with van der Waals surface area (Å²) in [4.78, 5) is 15.1. The molecular formula is C20H33N3O. The Hall–Kier alpha value is -1.39. The van der Waals surface area contributed by atoms with Crippen LogP contribution in [-0.2, 0) is 11.3 Å². The molecule has 3 N–H and O–H groups in total. The van der Waals surface area contributed by atoms with E-state index in [0.29, 0.717) is 12.6 Å². The predicted octanol–water partition coefficient (Wildman–Crippen LogP) is 3.76. The van der Waals surface area contributed by atoms with Gasteiger partial charge in [0.05, 0.1) is 5.41 Å². The van der Waals surface area contributed by atoms with Gasteiger partial charge in [-0.2, -0.15) is 0 Å². The number of hydrogen-bond acceptors (Lipinski definition) is 3. The van der Waals surface area contributed by atoms with Crippen LogP contribution in [0.1, 0.15) is 58.4 Å². The van der Waals surface area contributed by atoms with Gasteiger partial charge in [-0.25, -0.2) is 0 Å². The molecule has 0 radical (unpaired) electrons. The van der Waals surface area contributed by atoms with Gasteiger partial charge in [-0.15, -0.1) is 0 Å². The van der Waals surface area contributed by atoms with Gasteiger partial charge in [0.25, 0.3) is 0 Å². The second-order valence-electron chi connectivity index (χ2n) is 7.16. The number of nitrogens with one attached hydrogen (secondary N) is 1. The van der Waals surface area contributed by atoms with Gasteiger partial charge < -0.3 is 11.1 Å². The van der Waals surface area contributed by atoms with Crippen molar-refractivity contribution in [1.29, 1.82) is 0 Å². The number of carbonyl (C=O) groups is 1. The Kier molecular flexibility index (Phi) is 6.81. The highest BCUT2D eigenvalue weighted by Crippen LogP contribution is 2.27. The first-order valence-electron chi connectivity index (χ1n) is 9.39. The minimum absolute atomic E-state index is 0.0346. The van der Waals surface area contributed by atoms with Gasteiger partial charge in [-0.1, -0.05) is 32.4 Å². The molecule has 1 aromatic carbocycles. The molecule has 4 heteroatoms. The van der Waals surface area contributed by atoms with Crippen molar-refractivity contribution in [1.82, 2.24) is 4.90 Å². The zero-order valence-corrected chi connectivity index (χ0v) is 15.5. The number of anilines is 1. The Balaban J connectivity index is 1.97. The molecule has 1 fully saturated rings. The predicted molar refractivity (Wildman–Crippen MR) is 101 cm³/mol. The van der Waals surface area contributed by atoms with Gasteiger partial charge in [0, 0.05) is 24.8 Å². The number of benzene rings is 1. The number of nitrogens with two attached hydrogens (primary N) is 1. The number of piperidine rings is 1. The maximum absolute atomic E-state index is 12.6. The first-order valence-corrected chi connectivity index (χ1v) is 9.39. The van der Waals surface area contributed by atoms with Gasteiger partial charge in [0.2, 0.25) is 5.91 Å². The van der Waals surface area contributed by atoms with E-state index in [1.807, 2.05) is 26.0 Å². The summed E-state index contributed by atoms with van der Waals surface area (Å²) in [6.07, 6.45) is 5.46. The van der Waals surface area contributed by atoms with Crippen LogP contribution in [0.25, 0.3) is 0 Å². The number of amides is 1. The lowest BCUT2D eigenvalue weighted by Crippen LogP contribution is -2.41. The zero-order valence-electron chi connectivity index (χ0n) is 15.5. The maximum atomic E-state index is 12.6. The van der Waals surface area contributed by atoms with Gasteiger partial charge >= 0.3 is 0 Å². The van der Waals surface area contributed by atoms with Crippen molar-refractivity contribution < 1.29 is 4.79 Å². The number of nitrogens with zero attached hydrogens (tertiary/aromatic N) is 1. The highest BCUT2D eigenvalue weighted by molar-refractivity contribution is 5.95. The summed E-state index contributed by atoms with van der Waals surface area (Å²) in [5.74, 6) is 0.0346. The lowest BCUT2D eigenvalue weighted by Gasteiger charge is -2.33. The molecule has 2 rings (SSSR count). The van der Waals surface area contributed by atoms with E-state index in [0.717, 1.165) is 25.1 Å². The summed E-state index contributed by atoms with van der Waals surface area (Å²) >= 11 is 0. The van der Waals surface area contributed by atoms with E-state index in [1.165, 1.54) is 31.4 Å². The summed E-state index contributed by atoms with van der Waals surface area (Å²) in [7, 11) is 0. The van der Waals surface area contributed by atoms with Crippen LogP contribution >= 0.6 is 0 Å². The summed E-state index contributed by atoms with van der Waals surface area (Å²) in [5, 5.41) is 3.04. The molecule has 1 saturated heterocycles. The molecule has 1 aliphatic rings. The molecule has 134 valence electrons. The van der Waals surface area contributed by atoms with Crippen LogP contribution in [0.3, 0.4) is 0 Å². The van der Waals surface area contributed by atoms with Crippen molar-refractivity contribution in [2.45, 2.75) is 65.5 Å². The number of carbonyl (C=O) groups excluding carboxylic acids is 1. The van der Waals surface area contributed by atoms with Gasteiger partial charge in [0.15, 0.2) is 0 Å². The molecule has 0 saturated carbocycles. The van der Waals surface area contributed by atoms with Crippen molar-refractivity contribution in [3.8, 4) is 0 Å². The molecule has 1 heterocycles. The highest BCUT2D eigenvalue weighted by Gasteiger charge is 2.33. The number of rotatable bonds is 7. The molecule has 4 nitrogen and oxygen atoms in total. The van der Waals surface area contributed by atoms with E-state index in [1.54, 1.807) is 0 Å². The largest absolute Gasteiger partial charge is 0.329 e. The van der Waals surface area contributed by atoms with E-state index in [-0.39, 0.29) is 5.91 Å². The number of hydrogen-bond donors (Lipinski definition) is 2. The quantitative estimate of drug-likeness (QED) is 0.800. The third kappa shape index (κ3) is 4.37. The van der Waals surface area contributed by atoms with Gasteiger partial charge in [-0.3, -0.25) is 9.69 Å². The Bertz CT molecular complexity index is 514. The Labute approximate surface area is 146 Å². The van der Waals surface area contributed by atoms with Gasteiger partial charge in [0.1, 0.15) is 0 Å². The molecule has 1 atom stereocenters. The first-order chi connectivity index (χ1) is 11.5. The van der Waals surface area contributed by atoms with E-state index < -0.39 is 5.41 Å². The minimum atomic E-state index is -0.456. The van der Waals surface area contributed by atoms with E-state index in [9.17, 15) is 4.79 Å². The lowest BCUT2D eigenvalue weighted by molar-refractivity contribution is -0.125. The zero-order chi connectivity index (χ0) is 17.6. The standard InChI is InChI=1S/C20H33N3O/c1-4-20(5-2,15-21)19(24)22-18-11-9-17(10-12-18)14-23-13-7-6-8-16(23)3/h9-12,16H,4-8,13-15,21H2,1-3H3,(H,22,24). The monoisotopic (exact) mass is 331 g/mol. The fourth-order valence-electron chi connectivity index (χ4n) is 3.54. The van der Waals surface area contributed by atoms with Gasteiger partial charge in [-0.05, 0) is 56.8 Å². The molecule has 0 aromatic heterocycles. The fourth-order valence-corrected chi connectivity index (χ4v) is 3.54. The Morgan fingerprint density at radius 2 is 1.92 bits per heavy atom. The summed E-state index contributed by atoms with van der Waals surface area (Å²) in [5.41, 5.74) is 7.56. The molecule has 24 heavy (non-hydrogen) atoms. The van der Waals surface area contributed by atoms with Crippen LogP contribution < -0.4 is 11.1 Å². The SMILES string of the molecule is CCC(CC)(CN)C(=O)Nc1ccc(CN2CCCCC2C)cc1. The smallest absolute Gasteiger partial charge is 0.231 e. The van der Waals surface area contributed by atoms with Crippen molar-refractivity contribution in [3.05, 3.63) is 29.8 Å². The highest BCUT2D eigenvalue weighted by atomic mass is 16.2. The molecule has 1 aliphatic heterocycles. The van der Waals surface area contributed by atoms with E-state index in [4.69, 9.17) is 5.73 Å². The second kappa shape index (κ2) is 8.63. The Morgan fingerprint density at radius 3 is 2.46 bits per heavy atom. The summed E-state index contributed by atoms with van der Waals surface area (Å²) in [6.45, 7) is 8.93. The average Bonchev–Trinajstić information content (AvgIpc) is 2.61. The van der Waals surface area contributed by atoms with Crippen molar-refractivity contribution in [3.63, 3.8) is 0 Å². The van der Waals surface area contributed by atoms with Crippen LogP contribution in [0, 0.1) is 5.41 Å². The molecule has 0 aliphatic carbocycles. The lowest BCUT2D eigenvalue weighted by atomic mass is 9.81. The summed E-state index contributed by atoms with van der Waals surface area (Å²) < 4.78 is 0. The van der Waals surface area contributed by atoms with Crippen LogP contribution in [0.15, 0.2) is 24.3 Å². The molecule has 0 bridgehead atoms. The van der Waals surface area contributed by atoms with Crippen molar-refractivity contribution in [2.75, 3.05) is 18.4 Å². The molecule has 1 unspecified atom stereocenters. The van der Waals surface area contributed by atoms with E-state index in [2.05, 4.69) is 29.3 Å². The molecule has 0 spiro atoms. The van der Waals surface area contributed by atoms with Crippen LogP contribution in [-0.4, -0.2) is 29.9 Å². The van der Waals surface area contributed by atoms with Crippen LogP contribution in [0.4, 0.5) is 5.69 Å². The first kappa shape index (κ1) is 18.9. The van der Waals surface area contributed by atoms with Crippen molar-refractivity contribution in [2.24, 2.45) is 11.1 Å². The average molecular weight is 332 g/mol. The Morgan fingerprint density at radius 1 is 1.25 bits per heavy atom. The van der Waals surface area contributed by atoms with Crippen LogP contribution in [0.2, 0.25) is 0 Å². The maximum Gasteiger partial charge on any atom is 0.231 e. The minimum Gasteiger partial charge on any atom is -0.329 e. The third-order valence-corrected chi connectivity index (χ3v) is 5.76.